The summed E-state index contributed by atoms with van der Waals surface area (Å²) in [6.07, 6.45) is 1.07. The van der Waals surface area contributed by atoms with Crippen LogP contribution in [0.4, 0.5) is 0 Å². The van der Waals surface area contributed by atoms with E-state index in [1.54, 1.807) is 7.11 Å². The number of methoxy groups -OCH3 is 1. The Hall–Kier alpha value is -1.55. The largest absolute Gasteiger partial charge is 0.497 e. The van der Waals surface area contributed by atoms with Crippen LogP contribution in [0.2, 0.25) is 0 Å². The second-order valence-corrected chi connectivity index (χ2v) is 3.88. The molecule has 1 aromatic rings. The van der Waals surface area contributed by atoms with Crippen molar-refractivity contribution in [3.8, 4) is 5.75 Å². The van der Waals surface area contributed by atoms with Crippen LogP contribution in [0.5, 0.6) is 5.75 Å². The molecule has 0 bridgehead atoms. The number of hydrogen-bond acceptors (Lipinski definition) is 3. The van der Waals surface area contributed by atoms with Gasteiger partial charge < -0.3 is 15.2 Å². The van der Waals surface area contributed by atoms with Crippen LogP contribution >= 0.6 is 0 Å². The first-order chi connectivity index (χ1) is 8.17. The molecule has 0 aliphatic rings. The van der Waals surface area contributed by atoms with Gasteiger partial charge >= 0.3 is 5.97 Å². The molecule has 0 aromatic heterocycles. The molecule has 17 heavy (non-hydrogen) atoms. The van der Waals surface area contributed by atoms with Crippen molar-refractivity contribution >= 4 is 5.97 Å². The highest BCUT2D eigenvalue weighted by atomic mass is 16.5. The van der Waals surface area contributed by atoms with Crippen LogP contribution in [-0.2, 0) is 4.79 Å². The standard InChI is InChI=1S/C13H19NO3/c1-3-8-14-12(9-13(15)16)10-4-6-11(17-2)7-5-10/h4-7,12,14H,3,8-9H2,1-2H3,(H,15,16). The van der Waals surface area contributed by atoms with Gasteiger partial charge in [0, 0.05) is 6.04 Å². The molecule has 94 valence electrons. The van der Waals surface area contributed by atoms with Gasteiger partial charge in [-0.15, -0.1) is 0 Å². The molecule has 0 amide bonds. The molecule has 4 nitrogen and oxygen atoms in total. The third kappa shape index (κ3) is 4.44. The summed E-state index contributed by atoms with van der Waals surface area (Å²) in [4.78, 5) is 10.8. The molecule has 0 radical (unpaired) electrons. The molecule has 0 aliphatic carbocycles. The minimum Gasteiger partial charge on any atom is -0.497 e. The van der Waals surface area contributed by atoms with Gasteiger partial charge in [-0.2, -0.15) is 0 Å². The van der Waals surface area contributed by atoms with Crippen molar-refractivity contribution in [1.82, 2.24) is 5.32 Å². The summed E-state index contributed by atoms with van der Waals surface area (Å²) in [6.45, 7) is 2.86. The third-order valence-electron chi connectivity index (χ3n) is 2.54. The van der Waals surface area contributed by atoms with E-state index in [-0.39, 0.29) is 12.5 Å². The van der Waals surface area contributed by atoms with E-state index in [4.69, 9.17) is 9.84 Å². The maximum Gasteiger partial charge on any atom is 0.305 e. The molecule has 0 aliphatic heterocycles. The molecule has 1 aromatic carbocycles. The molecule has 0 heterocycles. The van der Waals surface area contributed by atoms with Gasteiger partial charge in [-0.25, -0.2) is 0 Å². The summed E-state index contributed by atoms with van der Waals surface area (Å²) >= 11 is 0. The van der Waals surface area contributed by atoms with Crippen molar-refractivity contribution in [3.63, 3.8) is 0 Å². The smallest absolute Gasteiger partial charge is 0.305 e. The predicted octanol–water partition coefficient (Wildman–Crippen LogP) is 2.21. The van der Waals surface area contributed by atoms with Crippen molar-refractivity contribution in [2.45, 2.75) is 25.8 Å². The summed E-state index contributed by atoms with van der Waals surface area (Å²) in [5.74, 6) is -0.0206. The number of carboxylic acid groups (broad SMARTS) is 1. The number of aliphatic carboxylic acids is 1. The Morgan fingerprint density at radius 3 is 2.53 bits per heavy atom. The third-order valence-corrected chi connectivity index (χ3v) is 2.54. The first kappa shape index (κ1) is 13.5. The van der Waals surface area contributed by atoms with E-state index in [1.165, 1.54) is 0 Å². The second kappa shape index (κ2) is 6.91. The maximum absolute atomic E-state index is 10.8. The number of rotatable bonds is 7. The number of nitrogens with one attached hydrogen (secondary N) is 1. The lowest BCUT2D eigenvalue weighted by molar-refractivity contribution is -0.137. The Balaban J connectivity index is 2.75. The topological polar surface area (TPSA) is 58.6 Å². The highest BCUT2D eigenvalue weighted by Gasteiger charge is 2.14. The van der Waals surface area contributed by atoms with Crippen molar-refractivity contribution < 1.29 is 14.6 Å². The van der Waals surface area contributed by atoms with Crippen LogP contribution in [0.15, 0.2) is 24.3 Å². The Morgan fingerprint density at radius 1 is 1.41 bits per heavy atom. The van der Waals surface area contributed by atoms with Gasteiger partial charge in [0.2, 0.25) is 0 Å². The second-order valence-electron chi connectivity index (χ2n) is 3.88. The predicted molar refractivity (Wildman–Crippen MR) is 66.3 cm³/mol. The zero-order valence-corrected chi connectivity index (χ0v) is 10.3. The average Bonchev–Trinajstić information content (AvgIpc) is 2.34. The van der Waals surface area contributed by atoms with E-state index in [2.05, 4.69) is 12.2 Å². The van der Waals surface area contributed by atoms with Gasteiger partial charge in [-0.3, -0.25) is 4.79 Å². The first-order valence-corrected chi connectivity index (χ1v) is 5.76. The minimum atomic E-state index is -0.797. The molecule has 4 heteroatoms. The summed E-state index contributed by atoms with van der Waals surface area (Å²) < 4.78 is 5.07. The Kier molecular flexibility index (Phi) is 5.49. The Morgan fingerprint density at radius 2 is 2.06 bits per heavy atom. The maximum atomic E-state index is 10.8. The molecule has 0 saturated carbocycles. The fourth-order valence-corrected chi connectivity index (χ4v) is 1.64. The van der Waals surface area contributed by atoms with Crippen LogP contribution in [0.1, 0.15) is 31.4 Å². The number of hydrogen-bond donors (Lipinski definition) is 2. The molecule has 1 atom stereocenters. The molecule has 0 fully saturated rings. The number of carbonyl (C=O) groups is 1. The minimum absolute atomic E-state index is 0.0896. The molecular formula is C13H19NO3. The molecule has 1 unspecified atom stereocenters. The zero-order chi connectivity index (χ0) is 12.7. The van der Waals surface area contributed by atoms with E-state index in [1.807, 2.05) is 24.3 Å². The van der Waals surface area contributed by atoms with Crippen LogP contribution in [-0.4, -0.2) is 24.7 Å². The highest BCUT2D eigenvalue weighted by molar-refractivity contribution is 5.68. The summed E-state index contributed by atoms with van der Waals surface area (Å²) in [7, 11) is 1.61. The van der Waals surface area contributed by atoms with Crippen LogP contribution in [0.25, 0.3) is 0 Å². The lowest BCUT2D eigenvalue weighted by atomic mass is 10.0. The SMILES string of the molecule is CCCNC(CC(=O)O)c1ccc(OC)cc1. The molecule has 1 rings (SSSR count). The van der Waals surface area contributed by atoms with E-state index >= 15 is 0 Å². The highest BCUT2D eigenvalue weighted by Crippen LogP contribution is 2.20. The first-order valence-electron chi connectivity index (χ1n) is 5.76. The summed E-state index contributed by atoms with van der Waals surface area (Å²) in [6, 6.07) is 7.35. The lowest BCUT2D eigenvalue weighted by Crippen LogP contribution is -2.24. The fraction of sp³-hybridized carbons (Fsp3) is 0.462. The average molecular weight is 237 g/mol. The summed E-state index contributed by atoms with van der Waals surface area (Å²) in [5.41, 5.74) is 0.974. The van der Waals surface area contributed by atoms with Crippen molar-refractivity contribution in [3.05, 3.63) is 29.8 Å². The van der Waals surface area contributed by atoms with Crippen LogP contribution < -0.4 is 10.1 Å². The van der Waals surface area contributed by atoms with E-state index in [9.17, 15) is 4.79 Å². The van der Waals surface area contributed by atoms with E-state index in [0.717, 1.165) is 24.3 Å². The quantitative estimate of drug-likeness (QED) is 0.763. The normalized spacial score (nSPS) is 12.1. The fourth-order valence-electron chi connectivity index (χ4n) is 1.64. The number of carboxylic acids is 1. The van der Waals surface area contributed by atoms with Gasteiger partial charge in [0.1, 0.15) is 5.75 Å². The van der Waals surface area contributed by atoms with Gasteiger partial charge in [0.05, 0.1) is 13.5 Å². The zero-order valence-electron chi connectivity index (χ0n) is 10.3. The van der Waals surface area contributed by atoms with Gasteiger partial charge in [0.15, 0.2) is 0 Å². The molecule has 2 N–H and O–H groups in total. The van der Waals surface area contributed by atoms with Gasteiger partial charge in [-0.1, -0.05) is 19.1 Å². The van der Waals surface area contributed by atoms with Gasteiger partial charge in [-0.05, 0) is 30.7 Å². The van der Waals surface area contributed by atoms with Crippen molar-refractivity contribution in [2.75, 3.05) is 13.7 Å². The van der Waals surface area contributed by atoms with Gasteiger partial charge in [0.25, 0.3) is 0 Å². The Labute approximate surface area is 102 Å². The Bertz CT molecular complexity index is 348. The number of benzene rings is 1. The molecule has 0 saturated heterocycles. The molecule has 0 spiro atoms. The lowest BCUT2D eigenvalue weighted by Gasteiger charge is -2.17. The van der Waals surface area contributed by atoms with E-state index < -0.39 is 5.97 Å². The van der Waals surface area contributed by atoms with Crippen LogP contribution in [0.3, 0.4) is 0 Å². The number of ether oxygens (including phenoxy) is 1. The summed E-state index contributed by atoms with van der Waals surface area (Å²) in [5, 5.41) is 12.1. The monoisotopic (exact) mass is 237 g/mol. The van der Waals surface area contributed by atoms with Crippen molar-refractivity contribution in [1.29, 1.82) is 0 Å². The van der Waals surface area contributed by atoms with E-state index in [0.29, 0.717) is 0 Å². The van der Waals surface area contributed by atoms with Crippen LogP contribution in [0, 0.1) is 0 Å². The molecular weight excluding hydrogens is 218 g/mol. The van der Waals surface area contributed by atoms with Crippen molar-refractivity contribution in [2.24, 2.45) is 0 Å².